The van der Waals surface area contributed by atoms with Gasteiger partial charge in [-0.15, -0.1) is 11.6 Å². The molecule has 1 rings (SSSR count). The lowest BCUT2D eigenvalue weighted by Gasteiger charge is -2.22. The van der Waals surface area contributed by atoms with Gasteiger partial charge in [0, 0.05) is 5.50 Å². The number of hydrogen-bond acceptors (Lipinski definition) is 0. The lowest BCUT2D eigenvalue weighted by molar-refractivity contribution is 0.888. The van der Waals surface area contributed by atoms with E-state index in [-0.39, 0.29) is 9.52 Å². The standard InChI is InChI=1S/C10H17ClSi/c1-7-5-10(4,12-6-11)9(3)8(7)2/h5H,6,12H2,1-4H3. The van der Waals surface area contributed by atoms with Crippen LogP contribution in [0.5, 0.6) is 0 Å². The van der Waals surface area contributed by atoms with E-state index in [0.717, 1.165) is 5.50 Å². The smallest absolute Gasteiger partial charge is 0.0541 e. The molecule has 0 saturated carbocycles. The van der Waals surface area contributed by atoms with Crippen LogP contribution in [0, 0.1) is 0 Å². The minimum Gasteiger partial charge on any atom is -0.131 e. The molecule has 0 heterocycles. The first-order chi connectivity index (χ1) is 5.51. The molecule has 1 unspecified atom stereocenters. The fourth-order valence-corrected chi connectivity index (χ4v) is 4.54. The molecular weight excluding hydrogens is 184 g/mol. The van der Waals surface area contributed by atoms with Crippen molar-refractivity contribution in [3.63, 3.8) is 0 Å². The van der Waals surface area contributed by atoms with Crippen LogP contribution in [0.1, 0.15) is 27.7 Å². The molecular formula is C10H17ClSi. The van der Waals surface area contributed by atoms with Gasteiger partial charge in [0.05, 0.1) is 9.52 Å². The second kappa shape index (κ2) is 3.39. The van der Waals surface area contributed by atoms with Gasteiger partial charge < -0.3 is 0 Å². The van der Waals surface area contributed by atoms with Crippen molar-refractivity contribution in [1.82, 2.24) is 0 Å². The van der Waals surface area contributed by atoms with Crippen LogP contribution in [0.2, 0.25) is 5.04 Å². The summed E-state index contributed by atoms with van der Waals surface area (Å²) in [4.78, 5) is 0. The van der Waals surface area contributed by atoms with Crippen LogP contribution >= 0.6 is 11.6 Å². The van der Waals surface area contributed by atoms with Crippen molar-refractivity contribution in [3.8, 4) is 0 Å². The average molecular weight is 201 g/mol. The number of halogens is 1. The van der Waals surface area contributed by atoms with E-state index >= 15 is 0 Å². The Morgan fingerprint density at radius 1 is 1.42 bits per heavy atom. The number of allylic oxidation sites excluding steroid dienone is 4. The van der Waals surface area contributed by atoms with E-state index in [9.17, 15) is 0 Å². The Bertz CT molecular complexity index is 253. The van der Waals surface area contributed by atoms with Crippen LogP contribution < -0.4 is 0 Å². The summed E-state index contributed by atoms with van der Waals surface area (Å²) >= 11 is 5.84. The minimum absolute atomic E-state index is 0.178. The highest BCUT2D eigenvalue weighted by Crippen LogP contribution is 2.45. The van der Waals surface area contributed by atoms with E-state index < -0.39 is 0 Å². The SMILES string of the molecule is CC1=CC(C)([SiH2]CCl)C(C)=C1C. The quantitative estimate of drug-likeness (QED) is 0.475. The molecule has 0 radical (unpaired) electrons. The number of hydrogen-bond donors (Lipinski definition) is 0. The minimum atomic E-state index is -0.178. The summed E-state index contributed by atoms with van der Waals surface area (Å²) in [6.45, 7) is 9.00. The van der Waals surface area contributed by atoms with Crippen LogP contribution in [0.4, 0.5) is 0 Å². The molecule has 1 atom stereocenters. The Morgan fingerprint density at radius 2 is 2.00 bits per heavy atom. The first-order valence-corrected chi connectivity index (χ1v) is 6.69. The maximum atomic E-state index is 5.84. The van der Waals surface area contributed by atoms with E-state index in [1.807, 2.05) is 0 Å². The van der Waals surface area contributed by atoms with Gasteiger partial charge in [0.2, 0.25) is 0 Å². The van der Waals surface area contributed by atoms with Crippen molar-refractivity contribution in [2.45, 2.75) is 32.7 Å². The second-order valence-electron chi connectivity index (χ2n) is 3.93. The maximum Gasteiger partial charge on any atom is 0.0541 e. The van der Waals surface area contributed by atoms with Crippen molar-refractivity contribution < 1.29 is 0 Å². The van der Waals surface area contributed by atoms with Crippen molar-refractivity contribution in [2.24, 2.45) is 0 Å². The Balaban J connectivity index is 2.97. The highest BCUT2D eigenvalue weighted by atomic mass is 35.5. The molecule has 68 valence electrons. The summed E-state index contributed by atoms with van der Waals surface area (Å²) in [5.74, 6) is 0. The Morgan fingerprint density at radius 3 is 2.33 bits per heavy atom. The summed E-state index contributed by atoms with van der Waals surface area (Å²) in [6, 6.07) is 0. The first-order valence-electron chi connectivity index (χ1n) is 4.45. The summed E-state index contributed by atoms with van der Waals surface area (Å²) < 4.78 is 0. The summed E-state index contributed by atoms with van der Waals surface area (Å²) in [7, 11) is -0.178. The predicted octanol–water partition coefficient (Wildman–Crippen LogP) is 2.83. The molecule has 0 amide bonds. The van der Waals surface area contributed by atoms with E-state index in [1.165, 1.54) is 11.1 Å². The molecule has 1 aliphatic rings. The van der Waals surface area contributed by atoms with Crippen molar-refractivity contribution >= 4 is 21.1 Å². The van der Waals surface area contributed by atoms with Gasteiger partial charge in [-0.05, 0) is 31.4 Å². The lowest BCUT2D eigenvalue weighted by Crippen LogP contribution is -2.15. The van der Waals surface area contributed by atoms with Crippen LogP contribution in [0.3, 0.4) is 0 Å². The number of rotatable bonds is 2. The van der Waals surface area contributed by atoms with E-state index in [1.54, 1.807) is 5.57 Å². The van der Waals surface area contributed by atoms with E-state index in [2.05, 4.69) is 33.8 Å². The molecule has 0 aromatic heterocycles. The van der Waals surface area contributed by atoms with Gasteiger partial charge in [0.15, 0.2) is 0 Å². The zero-order chi connectivity index (χ0) is 9.35. The summed E-state index contributed by atoms with van der Waals surface area (Å²) in [5, 5.41) is 0.371. The fourth-order valence-electron chi connectivity index (χ4n) is 1.87. The monoisotopic (exact) mass is 200 g/mol. The molecule has 12 heavy (non-hydrogen) atoms. The molecule has 0 fully saturated rings. The van der Waals surface area contributed by atoms with E-state index in [0.29, 0.717) is 5.04 Å². The van der Waals surface area contributed by atoms with Crippen molar-refractivity contribution in [1.29, 1.82) is 0 Å². The molecule has 0 nitrogen and oxygen atoms in total. The van der Waals surface area contributed by atoms with Crippen LogP contribution in [0.25, 0.3) is 0 Å². The molecule has 0 aromatic carbocycles. The van der Waals surface area contributed by atoms with Crippen molar-refractivity contribution in [2.75, 3.05) is 5.50 Å². The fraction of sp³-hybridized carbons (Fsp3) is 0.600. The summed E-state index contributed by atoms with van der Waals surface area (Å²) in [5.41, 5.74) is 5.36. The largest absolute Gasteiger partial charge is 0.131 e. The molecule has 0 bridgehead atoms. The molecule has 0 spiro atoms. The third-order valence-corrected chi connectivity index (χ3v) is 5.69. The average Bonchev–Trinajstić information content (AvgIpc) is 2.17. The maximum absolute atomic E-state index is 5.84. The van der Waals surface area contributed by atoms with Gasteiger partial charge in [-0.1, -0.05) is 24.1 Å². The van der Waals surface area contributed by atoms with Crippen molar-refractivity contribution in [3.05, 3.63) is 22.8 Å². The molecule has 2 heteroatoms. The summed E-state index contributed by atoms with van der Waals surface area (Å²) in [6.07, 6.45) is 2.41. The predicted molar refractivity (Wildman–Crippen MR) is 59.8 cm³/mol. The molecule has 0 aromatic rings. The van der Waals surface area contributed by atoms with Gasteiger partial charge >= 0.3 is 0 Å². The van der Waals surface area contributed by atoms with E-state index in [4.69, 9.17) is 11.6 Å². The highest BCUT2D eigenvalue weighted by molar-refractivity contribution is 6.54. The van der Waals surface area contributed by atoms with Crippen LogP contribution in [0.15, 0.2) is 22.8 Å². The highest BCUT2D eigenvalue weighted by Gasteiger charge is 2.29. The zero-order valence-corrected chi connectivity index (χ0v) is 10.5. The molecule has 0 saturated heterocycles. The Hall–Kier alpha value is -0.0131. The topological polar surface area (TPSA) is 0 Å². The zero-order valence-electron chi connectivity index (χ0n) is 8.37. The molecule has 1 aliphatic carbocycles. The molecule has 0 aliphatic heterocycles. The van der Waals surface area contributed by atoms with Gasteiger partial charge in [0.1, 0.15) is 0 Å². The third kappa shape index (κ3) is 1.53. The first kappa shape index (κ1) is 10.1. The Labute approximate surface area is 82.5 Å². The third-order valence-electron chi connectivity index (χ3n) is 3.16. The normalized spacial score (nSPS) is 30.6. The van der Waals surface area contributed by atoms with Crippen LogP contribution in [-0.2, 0) is 0 Å². The van der Waals surface area contributed by atoms with Gasteiger partial charge in [-0.2, -0.15) is 0 Å². The van der Waals surface area contributed by atoms with Gasteiger partial charge in [-0.3, -0.25) is 0 Å². The number of alkyl halides is 1. The van der Waals surface area contributed by atoms with Crippen LogP contribution in [-0.4, -0.2) is 15.0 Å². The second-order valence-corrected chi connectivity index (χ2v) is 7.41. The van der Waals surface area contributed by atoms with Gasteiger partial charge in [-0.25, -0.2) is 0 Å². The molecule has 0 N–H and O–H groups in total. The Kier molecular flexibility index (Phi) is 2.84. The van der Waals surface area contributed by atoms with Gasteiger partial charge in [0.25, 0.3) is 0 Å². The lowest BCUT2D eigenvalue weighted by atomic mass is 10.0.